The van der Waals surface area contributed by atoms with Gasteiger partial charge in [-0.3, -0.25) is 0 Å². The van der Waals surface area contributed by atoms with Gasteiger partial charge in [0.1, 0.15) is 0 Å². The van der Waals surface area contributed by atoms with E-state index in [0.29, 0.717) is 0 Å². The lowest BCUT2D eigenvalue weighted by atomic mass is 10.1. The summed E-state index contributed by atoms with van der Waals surface area (Å²) in [4.78, 5) is 0. The zero-order chi connectivity index (χ0) is 11.5. The second-order valence-electron chi connectivity index (χ2n) is 3.94. The molecular weight excluding hydrogens is 180 g/mol. The van der Waals surface area contributed by atoms with Crippen LogP contribution in [0.2, 0.25) is 0 Å². The van der Waals surface area contributed by atoms with Crippen molar-refractivity contribution in [2.45, 2.75) is 47.0 Å². The minimum atomic E-state index is 1.04. The fraction of sp³-hybridized carbons (Fsp3) is 0.467. The first kappa shape index (κ1) is 14.0. The molecule has 0 aliphatic heterocycles. The van der Waals surface area contributed by atoms with Crippen molar-refractivity contribution in [1.29, 1.82) is 0 Å². The third kappa shape index (κ3) is 9.27. The van der Waals surface area contributed by atoms with E-state index in [0.717, 1.165) is 19.3 Å². The molecule has 0 fully saturated rings. The Morgan fingerprint density at radius 1 is 0.867 bits per heavy atom. The smallest absolute Gasteiger partial charge is 0.0166 e. The lowest BCUT2D eigenvalue weighted by Crippen LogP contribution is -1.72. The van der Waals surface area contributed by atoms with Gasteiger partial charge in [-0.25, -0.2) is 0 Å². The zero-order valence-electron chi connectivity index (χ0n) is 10.6. The Balaban J connectivity index is 3.66. The molecule has 0 bridgehead atoms. The number of allylic oxidation sites excluding steroid dienone is 8. The van der Waals surface area contributed by atoms with Crippen LogP contribution in [0.3, 0.4) is 0 Å². The summed E-state index contributed by atoms with van der Waals surface area (Å²) in [6.07, 6.45) is 16.6. The molecular formula is C15H24. The molecule has 0 saturated heterocycles. The predicted octanol–water partition coefficient (Wildman–Crippen LogP) is 5.20. The number of unbranched alkanes of at least 4 members (excludes halogenated alkanes) is 1. The lowest BCUT2D eigenvalue weighted by molar-refractivity contribution is 1.04. The van der Waals surface area contributed by atoms with Crippen LogP contribution in [0.15, 0.2) is 47.6 Å². The summed E-state index contributed by atoms with van der Waals surface area (Å²) in [7, 11) is 0. The predicted molar refractivity (Wildman–Crippen MR) is 71.0 cm³/mol. The zero-order valence-corrected chi connectivity index (χ0v) is 10.6. The van der Waals surface area contributed by atoms with Gasteiger partial charge >= 0.3 is 0 Å². The molecule has 0 nitrogen and oxygen atoms in total. The molecule has 0 N–H and O–H groups in total. The van der Waals surface area contributed by atoms with Crippen molar-refractivity contribution in [2.75, 3.05) is 0 Å². The van der Waals surface area contributed by atoms with Gasteiger partial charge < -0.3 is 0 Å². The van der Waals surface area contributed by atoms with Crippen LogP contribution in [-0.2, 0) is 0 Å². The first-order chi connectivity index (χ1) is 7.18. The maximum Gasteiger partial charge on any atom is -0.0166 e. The first-order valence-corrected chi connectivity index (χ1v) is 5.75. The van der Waals surface area contributed by atoms with Crippen LogP contribution in [0.25, 0.3) is 0 Å². The number of hydrogen-bond acceptors (Lipinski definition) is 0. The average molecular weight is 204 g/mol. The maximum atomic E-state index is 2.25. The van der Waals surface area contributed by atoms with Gasteiger partial charge in [-0.1, -0.05) is 47.6 Å². The molecule has 0 saturated carbocycles. The highest BCUT2D eigenvalue weighted by Crippen LogP contribution is 2.04. The third-order valence-electron chi connectivity index (χ3n) is 2.33. The Bertz CT molecular complexity index is 258. The molecule has 0 atom stereocenters. The second kappa shape index (κ2) is 9.51. The van der Waals surface area contributed by atoms with Crippen LogP contribution >= 0.6 is 0 Å². The van der Waals surface area contributed by atoms with Crippen molar-refractivity contribution in [2.24, 2.45) is 0 Å². The summed E-state index contributed by atoms with van der Waals surface area (Å²) in [5.74, 6) is 0. The largest absolute Gasteiger partial charge is 0.0917 e. The maximum absolute atomic E-state index is 2.25. The monoisotopic (exact) mass is 204 g/mol. The minimum Gasteiger partial charge on any atom is -0.0917 e. The van der Waals surface area contributed by atoms with Crippen molar-refractivity contribution in [3.8, 4) is 0 Å². The van der Waals surface area contributed by atoms with E-state index in [-0.39, 0.29) is 0 Å². The Hall–Kier alpha value is -1.04. The molecule has 84 valence electrons. The fourth-order valence-corrected chi connectivity index (χ4v) is 1.06. The van der Waals surface area contributed by atoms with E-state index in [2.05, 4.69) is 64.2 Å². The fourth-order valence-electron chi connectivity index (χ4n) is 1.06. The minimum absolute atomic E-state index is 1.04. The average Bonchev–Trinajstić information content (AvgIpc) is 2.21. The highest BCUT2D eigenvalue weighted by Gasteiger charge is 1.83. The summed E-state index contributed by atoms with van der Waals surface area (Å²) in [6.45, 7) is 8.51. The van der Waals surface area contributed by atoms with Gasteiger partial charge in [0.25, 0.3) is 0 Å². The quantitative estimate of drug-likeness (QED) is 0.317. The highest BCUT2D eigenvalue weighted by atomic mass is 13.9. The summed E-state index contributed by atoms with van der Waals surface area (Å²) in [6, 6.07) is 0. The van der Waals surface area contributed by atoms with Crippen LogP contribution in [-0.4, -0.2) is 0 Å². The molecule has 0 aromatic carbocycles. The molecule has 15 heavy (non-hydrogen) atoms. The van der Waals surface area contributed by atoms with Crippen LogP contribution in [0.4, 0.5) is 0 Å². The van der Waals surface area contributed by atoms with Crippen LogP contribution in [0.1, 0.15) is 47.0 Å². The Morgan fingerprint density at radius 3 is 2.13 bits per heavy atom. The molecule has 0 heterocycles. The van der Waals surface area contributed by atoms with E-state index >= 15 is 0 Å². The normalized spacial score (nSPS) is 12.0. The van der Waals surface area contributed by atoms with Gasteiger partial charge in [0.15, 0.2) is 0 Å². The van der Waals surface area contributed by atoms with Crippen molar-refractivity contribution < 1.29 is 0 Å². The number of hydrogen-bond donors (Lipinski definition) is 0. The molecule has 0 aromatic heterocycles. The SMILES string of the molecule is CC=CCCC=CCC=CC(C)=C(C)C. The Labute approximate surface area is 95.1 Å². The molecule has 0 spiro atoms. The molecule has 0 amide bonds. The Kier molecular flexibility index (Phi) is 8.85. The highest BCUT2D eigenvalue weighted by molar-refractivity contribution is 5.21. The van der Waals surface area contributed by atoms with Crippen molar-refractivity contribution in [3.63, 3.8) is 0 Å². The molecule has 0 rings (SSSR count). The summed E-state index contributed by atoms with van der Waals surface area (Å²) >= 11 is 0. The van der Waals surface area contributed by atoms with Crippen molar-refractivity contribution >= 4 is 0 Å². The molecule has 0 unspecified atom stereocenters. The second-order valence-corrected chi connectivity index (χ2v) is 3.94. The molecule has 0 radical (unpaired) electrons. The van der Waals surface area contributed by atoms with E-state index < -0.39 is 0 Å². The van der Waals surface area contributed by atoms with Crippen molar-refractivity contribution in [1.82, 2.24) is 0 Å². The van der Waals surface area contributed by atoms with Gasteiger partial charge in [-0.05, 0) is 47.0 Å². The lowest BCUT2D eigenvalue weighted by Gasteiger charge is -1.93. The molecule has 0 aliphatic carbocycles. The first-order valence-electron chi connectivity index (χ1n) is 5.75. The van der Waals surface area contributed by atoms with Gasteiger partial charge in [0, 0.05) is 0 Å². The molecule has 0 aliphatic rings. The van der Waals surface area contributed by atoms with Gasteiger partial charge in [-0.15, -0.1) is 0 Å². The van der Waals surface area contributed by atoms with E-state index in [4.69, 9.17) is 0 Å². The van der Waals surface area contributed by atoms with E-state index in [1.165, 1.54) is 11.1 Å². The third-order valence-corrected chi connectivity index (χ3v) is 2.33. The summed E-state index contributed by atoms with van der Waals surface area (Å²) < 4.78 is 0. The van der Waals surface area contributed by atoms with Crippen LogP contribution < -0.4 is 0 Å². The van der Waals surface area contributed by atoms with Gasteiger partial charge in [-0.2, -0.15) is 0 Å². The van der Waals surface area contributed by atoms with Crippen molar-refractivity contribution in [3.05, 3.63) is 47.6 Å². The van der Waals surface area contributed by atoms with E-state index in [9.17, 15) is 0 Å². The number of rotatable bonds is 6. The molecule has 0 heteroatoms. The van der Waals surface area contributed by atoms with Gasteiger partial charge in [0.05, 0.1) is 0 Å². The van der Waals surface area contributed by atoms with Crippen LogP contribution in [0, 0.1) is 0 Å². The van der Waals surface area contributed by atoms with E-state index in [1.54, 1.807) is 0 Å². The Morgan fingerprint density at radius 2 is 1.53 bits per heavy atom. The summed E-state index contributed by atoms with van der Waals surface area (Å²) in [5.41, 5.74) is 2.76. The standard InChI is InChI=1S/C15H24/c1-5-6-7-8-9-10-11-12-13-15(4)14(2)3/h5-6,9-10,12-13H,7-8,11H2,1-4H3. The van der Waals surface area contributed by atoms with Crippen LogP contribution in [0.5, 0.6) is 0 Å². The molecule has 0 aromatic rings. The topological polar surface area (TPSA) is 0 Å². The summed E-state index contributed by atoms with van der Waals surface area (Å²) in [5, 5.41) is 0. The van der Waals surface area contributed by atoms with Gasteiger partial charge in [0.2, 0.25) is 0 Å². The van der Waals surface area contributed by atoms with E-state index in [1.807, 2.05) is 0 Å².